The van der Waals surface area contributed by atoms with Gasteiger partial charge in [-0.05, 0) is 48.7 Å². The molecule has 1 fully saturated rings. The Bertz CT molecular complexity index is 1170. The van der Waals surface area contributed by atoms with E-state index in [1.807, 2.05) is 30.3 Å². The molecule has 0 N–H and O–H groups in total. The zero-order chi connectivity index (χ0) is 23.7. The highest BCUT2D eigenvalue weighted by molar-refractivity contribution is 5.96. The fraction of sp³-hybridized carbons (Fsp3) is 0.321. The van der Waals surface area contributed by atoms with E-state index in [0.717, 1.165) is 43.9 Å². The van der Waals surface area contributed by atoms with E-state index in [2.05, 4.69) is 46.2 Å². The van der Waals surface area contributed by atoms with Crippen molar-refractivity contribution < 1.29 is 14.3 Å². The molecule has 0 aromatic heterocycles. The number of methoxy groups -OCH3 is 1. The summed E-state index contributed by atoms with van der Waals surface area (Å²) >= 11 is 0. The Balaban J connectivity index is 1.45. The third-order valence-corrected chi connectivity index (χ3v) is 6.69. The fourth-order valence-corrected chi connectivity index (χ4v) is 4.95. The molecule has 0 saturated carbocycles. The van der Waals surface area contributed by atoms with Gasteiger partial charge in [-0.15, -0.1) is 0 Å². The van der Waals surface area contributed by atoms with Crippen LogP contribution in [0.3, 0.4) is 0 Å². The minimum atomic E-state index is -0.0435. The molecule has 2 aliphatic heterocycles. The van der Waals surface area contributed by atoms with Crippen LogP contribution in [0.1, 0.15) is 28.8 Å². The highest BCUT2D eigenvalue weighted by atomic mass is 16.5. The zero-order valence-electron chi connectivity index (χ0n) is 20.0. The summed E-state index contributed by atoms with van der Waals surface area (Å²) in [6, 6.07) is 22.8. The lowest BCUT2D eigenvalue weighted by Crippen LogP contribution is -2.43. The summed E-state index contributed by atoms with van der Waals surface area (Å²) in [5.74, 6) is 2.05. The van der Waals surface area contributed by atoms with Crippen LogP contribution < -0.4 is 14.4 Å². The molecule has 0 unspecified atom stereocenters. The van der Waals surface area contributed by atoms with E-state index in [1.165, 1.54) is 5.56 Å². The first-order valence-electron chi connectivity index (χ1n) is 11.8. The van der Waals surface area contributed by atoms with Crippen molar-refractivity contribution >= 4 is 17.3 Å². The third-order valence-electron chi connectivity index (χ3n) is 6.69. The van der Waals surface area contributed by atoms with Crippen LogP contribution in [0.4, 0.5) is 11.4 Å². The number of benzene rings is 3. The van der Waals surface area contributed by atoms with Gasteiger partial charge in [0.1, 0.15) is 0 Å². The number of ether oxygens (including phenoxy) is 2. The molecule has 2 aliphatic rings. The second-order valence-corrected chi connectivity index (χ2v) is 9.16. The van der Waals surface area contributed by atoms with Crippen LogP contribution in [0, 0.1) is 0 Å². The minimum absolute atomic E-state index is 0.0435. The number of carbonyl (C=O) groups is 1. The number of rotatable bonds is 5. The smallest absolute Gasteiger partial charge is 0.253 e. The SMILES string of the molecule is COc1cccc2c1Oc1cc(C(=O)N(C)C)ccc1N2C1CCN(Cc2ccccc2)CC1. The highest BCUT2D eigenvalue weighted by Gasteiger charge is 2.34. The lowest BCUT2D eigenvalue weighted by Gasteiger charge is -2.42. The van der Waals surface area contributed by atoms with E-state index in [0.29, 0.717) is 28.9 Å². The number of carbonyl (C=O) groups excluding carboxylic acids is 1. The van der Waals surface area contributed by atoms with E-state index < -0.39 is 0 Å². The molecule has 34 heavy (non-hydrogen) atoms. The summed E-state index contributed by atoms with van der Waals surface area (Å²) in [7, 11) is 5.18. The Morgan fingerprint density at radius 2 is 1.76 bits per heavy atom. The second kappa shape index (κ2) is 9.39. The van der Waals surface area contributed by atoms with Crippen molar-refractivity contribution in [2.24, 2.45) is 0 Å². The molecule has 0 spiro atoms. The average Bonchev–Trinajstić information content (AvgIpc) is 2.87. The van der Waals surface area contributed by atoms with Gasteiger partial charge in [-0.25, -0.2) is 0 Å². The maximum absolute atomic E-state index is 12.6. The molecule has 6 heteroatoms. The lowest BCUT2D eigenvalue weighted by atomic mass is 9.98. The first-order chi connectivity index (χ1) is 16.5. The van der Waals surface area contributed by atoms with E-state index >= 15 is 0 Å². The summed E-state index contributed by atoms with van der Waals surface area (Å²) in [6.45, 7) is 3.04. The summed E-state index contributed by atoms with van der Waals surface area (Å²) < 4.78 is 12.0. The number of piperidine rings is 1. The standard InChI is InChI=1S/C28H31N3O3/c1-29(2)28(32)21-12-13-23-26(18-21)34-27-24(10-7-11-25(27)33-3)31(23)22-14-16-30(17-15-22)19-20-8-5-4-6-9-20/h4-13,18,22H,14-17,19H2,1-3H3. The first-order valence-corrected chi connectivity index (χ1v) is 11.8. The largest absolute Gasteiger partial charge is 0.493 e. The molecule has 0 bridgehead atoms. The van der Waals surface area contributed by atoms with Crippen molar-refractivity contribution in [2.75, 3.05) is 39.2 Å². The van der Waals surface area contributed by atoms with Crippen molar-refractivity contribution in [1.82, 2.24) is 9.80 Å². The molecular weight excluding hydrogens is 426 g/mol. The maximum atomic E-state index is 12.6. The Labute approximate surface area is 201 Å². The number of likely N-dealkylation sites (tertiary alicyclic amines) is 1. The van der Waals surface area contributed by atoms with Gasteiger partial charge in [0.2, 0.25) is 0 Å². The minimum Gasteiger partial charge on any atom is -0.493 e. The average molecular weight is 458 g/mol. The maximum Gasteiger partial charge on any atom is 0.253 e. The first kappa shape index (κ1) is 22.3. The predicted molar refractivity (Wildman–Crippen MR) is 134 cm³/mol. The molecule has 5 rings (SSSR count). The van der Waals surface area contributed by atoms with Gasteiger partial charge < -0.3 is 19.3 Å². The van der Waals surface area contributed by atoms with Crippen molar-refractivity contribution in [2.45, 2.75) is 25.4 Å². The predicted octanol–water partition coefficient (Wildman–Crippen LogP) is 5.31. The van der Waals surface area contributed by atoms with Gasteiger partial charge in [0, 0.05) is 45.3 Å². The molecule has 0 atom stereocenters. The van der Waals surface area contributed by atoms with Gasteiger partial charge in [0.25, 0.3) is 5.91 Å². The Morgan fingerprint density at radius 1 is 1.00 bits per heavy atom. The molecule has 2 heterocycles. The normalized spacial score (nSPS) is 15.8. The number of amides is 1. The Morgan fingerprint density at radius 3 is 2.47 bits per heavy atom. The zero-order valence-corrected chi connectivity index (χ0v) is 20.0. The van der Waals surface area contributed by atoms with Crippen LogP contribution >= 0.6 is 0 Å². The number of hydrogen-bond acceptors (Lipinski definition) is 5. The highest BCUT2D eigenvalue weighted by Crippen LogP contribution is 2.52. The third kappa shape index (κ3) is 4.21. The van der Waals surface area contributed by atoms with Crippen LogP contribution in [-0.2, 0) is 6.54 Å². The lowest BCUT2D eigenvalue weighted by molar-refractivity contribution is 0.0827. The van der Waals surface area contributed by atoms with Gasteiger partial charge in [0.05, 0.1) is 18.5 Å². The summed E-state index contributed by atoms with van der Waals surface area (Å²) in [5, 5.41) is 0. The molecule has 1 saturated heterocycles. The van der Waals surface area contributed by atoms with Crippen molar-refractivity contribution in [3.63, 3.8) is 0 Å². The van der Waals surface area contributed by atoms with Crippen molar-refractivity contribution in [1.29, 1.82) is 0 Å². The second-order valence-electron chi connectivity index (χ2n) is 9.16. The fourth-order valence-electron chi connectivity index (χ4n) is 4.95. The van der Waals surface area contributed by atoms with Gasteiger partial charge in [-0.3, -0.25) is 9.69 Å². The van der Waals surface area contributed by atoms with Crippen LogP contribution in [0.2, 0.25) is 0 Å². The molecule has 3 aromatic rings. The summed E-state index contributed by atoms with van der Waals surface area (Å²) in [4.78, 5) is 19.1. The number of anilines is 2. The number of nitrogens with zero attached hydrogens (tertiary/aromatic N) is 3. The number of para-hydroxylation sites is 1. The van der Waals surface area contributed by atoms with Crippen LogP contribution in [0.15, 0.2) is 66.7 Å². The van der Waals surface area contributed by atoms with Crippen LogP contribution in [0.25, 0.3) is 0 Å². The van der Waals surface area contributed by atoms with E-state index in [4.69, 9.17) is 9.47 Å². The van der Waals surface area contributed by atoms with Gasteiger partial charge in [0.15, 0.2) is 17.2 Å². The van der Waals surface area contributed by atoms with E-state index in [-0.39, 0.29) is 5.91 Å². The molecule has 0 radical (unpaired) electrons. The van der Waals surface area contributed by atoms with Gasteiger partial charge in [-0.2, -0.15) is 0 Å². The quantitative estimate of drug-likeness (QED) is 0.520. The van der Waals surface area contributed by atoms with Crippen LogP contribution in [-0.4, -0.2) is 56.0 Å². The Kier molecular flexibility index (Phi) is 6.16. The van der Waals surface area contributed by atoms with Crippen molar-refractivity contribution in [3.8, 4) is 17.2 Å². The molecule has 3 aromatic carbocycles. The summed E-state index contributed by atoms with van der Waals surface area (Å²) in [6.07, 6.45) is 2.09. The van der Waals surface area contributed by atoms with Gasteiger partial charge >= 0.3 is 0 Å². The monoisotopic (exact) mass is 457 g/mol. The number of hydrogen-bond donors (Lipinski definition) is 0. The van der Waals surface area contributed by atoms with Crippen molar-refractivity contribution in [3.05, 3.63) is 77.9 Å². The molecular formula is C28H31N3O3. The number of fused-ring (bicyclic) bond motifs is 2. The van der Waals surface area contributed by atoms with E-state index in [1.54, 1.807) is 26.1 Å². The van der Waals surface area contributed by atoms with Gasteiger partial charge in [-0.1, -0.05) is 36.4 Å². The molecule has 0 aliphatic carbocycles. The molecule has 176 valence electrons. The van der Waals surface area contributed by atoms with Crippen LogP contribution in [0.5, 0.6) is 17.2 Å². The Hall–Kier alpha value is -3.51. The summed E-state index contributed by atoms with van der Waals surface area (Å²) in [5.41, 5.74) is 3.98. The van der Waals surface area contributed by atoms with E-state index in [9.17, 15) is 4.79 Å². The molecule has 6 nitrogen and oxygen atoms in total. The molecule has 1 amide bonds. The topological polar surface area (TPSA) is 45.3 Å².